The largest absolute Gasteiger partial charge is 0.461 e. The number of ether oxygens (including phenoxy) is 5. The van der Waals surface area contributed by atoms with Crippen LogP contribution in [0.2, 0.25) is 18.1 Å². The van der Waals surface area contributed by atoms with Crippen molar-refractivity contribution in [2.75, 3.05) is 39.3 Å². The Kier molecular flexibility index (Phi) is 29.4. The van der Waals surface area contributed by atoms with E-state index in [2.05, 4.69) is 86.3 Å². The molecule has 0 aromatic carbocycles. The van der Waals surface area contributed by atoms with Gasteiger partial charge in [0.1, 0.15) is 45.7 Å². The topological polar surface area (TPSA) is 416 Å². The predicted octanol–water partition coefficient (Wildman–Crippen LogP) is 18.0. The molecule has 0 fully saturated rings. The number of anilines is 6. The van der Waals surface area contributed by atoms with Crippen molar-refractivity contribution in [1.29, 1.82) is 0 Å². The maximum Gasteiger partial charge on any atom is 0.425 e. The Morgan fingerprint density at radius 1 is 0.513 bits per heavy atom. The smallest absolute Gasteiger partial charge is 0.425 e. The number of esters is 1. The second kappa shape index (κ2) is 37.5. The van der Waals surface area contributed by atoms with Crippen LogP contribution in [0.15, 0.2) is 106 Å². The number of fused-ring (bicyclic) bond motifs is 5. The Hall–Kier alpha value is -10.4. The average molecular weight is 1690 g/mol. The highest BCUT2D eigenvalue weighted by molar-refractivity contribution is 7.19. The van der Waals surface area contributed by atoms with Crippen molar-refractivity contribution in [2.24, 2.45) is 0 Å². The molecule has 0 aliphatic carbocycles. The van der Waals surface area contributed by atoms with E-state index in [1.807, 2.05) is 71.1 Å². The van der Waals surface area contributed by atoms with Crippen molar-refractivity contribution in [2.45, 2.75) is 198 Å². The number of aliphatic hydroxyl groups is 2. The number of hydrogen-bond donors (Lipinski definition) is 7. The number of carbonyl (C=O) groups is 6. The molecular weight excluding hydrogens is 1580 g/mol. The van der Waals surface area contributed by atoms with E-state index in [1.54, 1.807) is 154 Å². The fourth-order valence-corrected chi connectivity index (χ4v) is 15.4. The summed E-state index contributed by atoms with van der Waals surface area (Å²) < 4.78 is 38.4. The number of thiophene rings is 5. The monoisotopic (exact) mass is 1680 g/mol. The summed E-state index contributed by atoms with van der Waals surface area (Å²) in [4.78, 5) is 102. The van der Waals surface area contributed by atoms with Crippen molar-refractivity contribution in [3.8, 4) is 0 Å². The van der Waals surface area contributed by atoms with Gasteiger partial charge in [-0.2, -0.15) is 14.9 Å². The fraction of sp³-hybridized carbons (Fsp3) is 0.388. The fourth-order valence-electron chi connectivity index (χ4n) is 10.4. The van der Waals surface area contributed by atoms with Gasteiger partial charge in [0.15, 0.2) is 25.6 Å². The number of pyridine rings is 6. The minimum absolute atomic E-state index is 0.0880. The van der Waals surface area contributed by atoms with E-state index < -0.39 is 61.1 Å². The molecule has 0 bridgehead atoms. The van der Waals surface area contributed by atoms with E-state index in [-0.39, 0.29) is 41.5 Å². The van der Waals surface area contributed by atoms with Crippen molar-refractivity contribution >= 4 is 187 Å². The summed E-state index contributed by atoms with van der Waals surface area (Å²) in [5, 5.41) is 40.6. The zero-order valence-electron chi connectivity index (χ0n) is 68.3. The van der Waals surface area contributed by atoms with Gasteiger partial charge in [-0.1, -0.05) is 20.8 Å². The highest BCUT2D eigenvalue weighted by Crippen LogP contribution is 2.39. The first-order valence-corrected chi connectivity index (χ1v) is 43.7. The third-order valence-corrected chi connectivity index (χ3v) is 25.8. The van der Waals surface area contributed by atoms with Crippen LogP contribution in [0.25, 0.3) is 50.4 Å². The van der Waals surface area contributed by atoms with E-state index in [4.69, 9.17) is 51.0 Å². The molecule has 0 aliphatic rings. The molecule has 0 saturated carbocycles. The van der Waals surface area contributed by atoms with Crippen LogP contribution in [-0.4, -0.2) is 123 Å². The van der Waals surface area contributed by atoms with E-state index in [9.17, 15) is 39.0 Å². The predicted molar refractivity (Wildman–Crippen MR) is 462 cm³/mol. The molecule has 115 heavy (non-hydrogen) atoms. The molecule has 12 aromatic heterocycles. The van der Waals surface area contributed by atoms with Crippen LogP contribution in [0.5, 0.6) is 0 Å². The summed E-state index contributed by atoms with van der Waals surface area (Å²) in [6.45, 7) is 38.3. The normalized spacial score (nSPS) is 11.8. The van der Waals surface area contributed by atoms with Gasteiger partial charge in [-0.15, -0.1) is 56.7 Å². The van der Waals surface area contributed by atoms with E-state index >= 15 is 0 Å². The van der Waals surface area contributed by atoms with Gasteiger partial charge in [0.05, 0.1) is 91.0 Å². The third kappa shape index (κ3) is 24.8. The van der Waals surface area contributed by atoms with E-state index in [0.29, 0.717) is 75.9 Å². The standard InChI is InChI=1S/C20H21N7OS.2C18H24N2O5S.C14H22N2OSSi.C10H10N2O2S/c1-11-5-17(21)25-12(2)16(11)8-23-20(28)14-7-24-27(9-14)10-15-6-13-3-4-29-18(13)19(22)26-15;2*1-17(2,3)24-15(22)20(16(23)25-18(4,5)6)14-13-11(7-8-26-13)9-12(10-21)19-14;1-14(2,3)19(4,5)17-9-11-8-10-6-7-18-12(10)13(15)16-11;1-2-14-10(13)7-5-6-3-4-15-8(6)9(11)12-7/h3-7,9H,8,10H2,1-2H3,(H2,21,25)(H2,22,26)(H,23,28);2*7-9,21H,10H2,1-6H3;6-8H,9H2,1-5H3,(H2,15,16);3-5H,2H2,1H3,(H2,11,12). The molecule has 12 rings (SSSR count). The lowest BCUT2D eigenvalue weighted by atomic mass is 10.1. The summed E-state index contributed by atoms with van der Waals surface area (Å²) in [6.07, 6.45) is -0.296. The van der Waals surface area contributed by atoms with Gasteiger partial charge in [0, 0.05) is 18.4 Å². The maximum absolute atomic E-state index is 12.8. The molecule has 12 aromatic rings. The van der Waals surface area contributed by atoms with Gasteiger partial charge in [-0.05, 0) is 254 Å². The van der Waals surface area contributed by atoms with Crippen LogP contribution in [0.4, 0.5) is 54.1 Å². The van der Waals surface area contributed by atoms with Gasteiger partial charge < -0.3 is 66.6 Å². The number of aryl methyl sites for hydroxylation is 2. The molecule has 0 radical (unpaired) electrons. The highest BCUT2D eigenvalue weighted by atomic mass is 32.1. The number of imide groups is 2. The summed E-state index contributed by atoms with van der Waals surface area (Å²) >= 11 is 7.37. The summed E-state index contributed by atoms with van der Waals surface area (Å²) in [7, 11) is -1.73. The first-order valence-electron chi connectivity index (χ1n) is 36.4. The molecule has 0 spiro atoms. The molecule has 0 aliphatic heterocycles. The second-order valence-electron chi connectivity index (χ2n) is 31.7. The number of carbonyl (C=O) groups excluding carboxylic acids is 6. The average Bonchev–Trinajstić information content (AvgIpc) is 1.75. The van der Waals surface area contributed by atoms with Crippen LogP contribution >= 0.6 is 56.7 Å². The summed E-state index contributed by atoms with van der Waals surface area (Å²) in [6, 6.07) is 20.6. The molecule has 35 heteroatoms. The van der Waals surface area contributed by atoms with Gasteiger partial charge in [-0.25, -0.2) is 53.9 Å². The first kappa shape index (κ1) is 90.2. The van der Waals surface area contributed by atoms with Crippen molar-refractivity contribution in [1.82, 2.24) is 45.0 Å². The minimum Gasteiger partial charge on any atom is -0.461 e. The van der Waals surface area contributed by atoms with Gasteiger partial charge >= 0.3 is 30.3 Å². The molecule has 5 amide bonds. The number of aliphatic hydroxyl groups excluding tert-OH is 2. The molecule has 0 atom stereocenters. The van der Waals surface area contributed by atoms with E-state index in [0.717, 1.165) is 79.0 Å². The lowest BCUT2D eigenvalue weighted by Crippen LogP contribution is -2.44. The van der Waals surface area contributed by atoms with Crippen LogP contribution in [0.1, 0.15) is 171 Å². The quantitative estimate of drug-likeness (QED) is 0.0302. The Bertz CT molecular complexity index is 5250. The molecule has 11 N–H and O–H groups in total. The molecule has 0 unspecified atom stereocenters. The van der Waals surface area contributed by atoms with Crippen LogP contribution in [0.3, 0.4) is 0 Å². The SMILES string of the molecule is CC(C)(C)OC(=O)N(C(=O)OC(C)(C)C)c1nc(CO)cc2ccsc12.CC(C)(C)OC(=O)N(C(=O)OC(C)(C)C)c1nc(CO)cc2ccsc12.CC(C)(C)[Si](C)(C)OCc1cc2ccsc2c(N)n1.CCOC(=O)c1cc2ccsc2c(N)n1.Cc1cc(N)nc(C)c1CNC(=O)c1cnn(Cc2cc3ccsc3c(N)n2)c1. The minimum atomic E-state index is -1.73. The van der Waals surface area contributed by atoms with Crippen molar-refractivity contribution in [3.05, 3.63) is 157 Å². The van der Waals surface area contributed by atoms with Crippen molar-refractivity contribution in [3.63, 3.8) is 0 Å². The number of rotatable bonds is 14. The molecular formula is C80H101N15O14S5Si. The Morgan fingerprint density at radius 2 is 0.896 bits per heavy atom. The second-order valence-corrected chi connectivity index (χ2v) is 41.1. The van der Waals surface area contributed by atoms with E-state index in [1.165, 1.54) is 34.0 Å². The number of nitrogens with zero attached hydrogens (tertiary/aromatic N) is 10. The maximum atomic E-state index is 12.8. The van der Waals surface area contributed by atoms with Crippen LogP contribution < -0.4 is 38.1 Å². The van der Waals surface area contributed by atoms with Gasteiger partial charge in [0.25, 0.3) is 5.91 Å². The highest BCUT2D eigenvalue weighted by Gasteiger charge is 2.39. The number of nitrogen functional groups attached to an aromatic ring is 4. The number of hydrogen-bond acceptors (Lipinski definition) is 30. The zero-order valence-corrected chi connectivity index (χ0v) is 73.3. The zero-order chi connectivity index (χ0) is 85.0. The Morgan fingerprint density at radius 3 is 1.30 bits per heavy atom. The summed E-state index contributed by atoms with van der Waals surface area (Å²) in [5.41, 5.74) is 26.2. The van der Waals surface area contributed by atoms with Gasteiger partial charge in [-0.3, -0.25) is 9.48 Å². The lowest BCUT2D eigenvalue weighted by molar-refractivity contribution is 0.0407. The molecule has 614 valence electrons. The van der Waals surface area contributed by atoms with Crippen LogP contribution in [0, 0.1) is 13.8 Å². The Labute approximate surface area is 688 Å². The Balaban J connectivity index is 0.000000183. The number of amides is 5. The first-order chi connectivity index (χ1) is 53.6. The number of nitrogens with one attached hydrogen (secondary N) is 1. The molecule has 12 heterocycles. The summed E-state index contributed by atoms with van der Waals surface area (Å²) in [5.74, 6) is 1.53. The number of nitrogens with two attached hydrogens (primary N) is 4. The van der Waals surface area contributed by atoms with Gasteiger partial charge in [0.2, 0.25) is 0 Å². The van der Waals surface area contributed by atoms with Crippen molar-refractivity contribution < 1.29 is 67.1 Å². The van der Waals surface area contributed by atoms with Crippen LogP contribution in [-0.2, 0) is 61.0 Å². The third-order valence-electron chi connectivity index (χ3n) is 16.6. The lowest BCUT2D eigenvalue weighted by Gasteiger charge is -2.36. The molecule has 29 nitrogen and oxygen atoms in total. The number of aromatic nitrogens is 8. The molecule has 0 saturated heterocycles.